The molecule has 4 heteroatoms. The molecular weight excluding hydrogens is 166 g/mol. The van der Waals surface area contributed by atoms with Gasteiger partial charge in [-0.3, -0.25) is 0 Å². The molecule has 0 aromatic heterocycles. The number of halogens is 1. The Hall–Kier alpha value is -0.700. The highest BCUT2D eigenvalue weighted by atomic mass is 35.5. The third-order valence-corrected chi connectivity index (χ3v) is 1.52. The molecule has 64 valence electrons. The molecule has 1 N–H and O–H groups in total. The van der Waals surface area contributed by atoms with Crippen LogP contribution in [0.2, 0.25) is 0 Å². The third-order valence-electron chi connectivity index (χ3n) is 1.52. The molecule has 1 heterocycles. The van der Waals surface area contributed by atoms with Crippen molar-refractivity contribution in [1.82, 2.24) is 5.32 Å². The summed E-state index contributed by atoms with van der Waals surface area (Å²) in [6.45, 7) is 0. The van der Waals surface area contributed by atoms with E-state index in [1.54, 1.807) is 6.20 Å². The fourth-order valence-electron chi connectivity index (χ4n) is 0.942. The van der Waals surface area contributed by atoms with Crippen LogP contribution >= 0.6 is 12.4 Å². The Morgan fingerprint density at radius 2 is 2.45 bits per heavy atom. The first-order valence-electron chi connectivity index (χ1n) is 3.33. The van der Waals surface area contributed by atoms with Crippen molar-refractivity contribution in [1.29, 1.82) is 0 Å². The fourth-order valence-corrected chi connectivity index (χ4v) is 0.942. The summed E-state index contributed by atoms with van der Waals surface area (Å²) in [6.07, 6.45) is 5.58. The van der Waals surface area contributed by atoms with E-state index < -0.39 is 0 Å². The zero-order chi connectivity index (χ0) is 7.40. The first kappa shape index (κ1) is 10.3. The van der Waals surface area contributed by atoms with Crippen molar-refractivity contribution in [2.45, 2.75) is 18.9 Å². The van der Waals surface area contributed by atoms with E-state index in [4.69, 9.17) is 0 Å². The number of carbonyl (C=O) groups excluding carboxylic acids is 1. The van der Waals surface area contributed by atoms with Crippen LogP contribution in [0.5, 0.6) is 0 Å². The highest BCUT2D eigenvalue weighted by Gasteiger charge is 2.17. The average Bonchev–Trinajstić information content (AvgIpc) is 2.05. The maximum Gasteiger partial charge on any atom is 0.328 e. The Morgan fingerprint density at radius 3 is 2.91 bits per heavy atom. The Labute approximate surface area is 72.2 Å². The number of allylic oxidation sites excluding steroid dienone is 1. The van der Waals surface area contributed by atoms with Crippen molar-refractivity contribution in [3.8, 4) is 0 Å². The molecule has 0 spiro atoms. The number of methoxy groups -OCH3 is 1. The molecule has 0 radical (unpaired) electrons. The lowest BCUT2D eigenvalue weighted by Gasteiger charge is -2.16. The molecule has 0 bridgehead atoms. The predicted octanol–water partition coefficient (Wildman–Crippen LogP) is 0.847. The van der Waals surface area contributed by atoms with Crippen LogP contribution in [0.3, 0.4) is 0 Å². The summed E-state index contributed by atoms with van der Waals surface area (Å²) in [5, 5.41) is 2.91. The molecule has 1 aliphatic heterocycles. The third kappa shape index (κ3) is 2.80. The van der Waals surface area contributed by atoms with Crippen molar-refractivity contribution in [2.75, 3.05) is 7.11 Å². The van der Waals surface area contributed by atoms with Gasteiger partial charge in [-0.25, -0.2) is 4.79 Å². The van der Waals surface area contributed by atoms with Gasteiger partial charge in [-0.15, -0.1) is 12.4 Å². The molecule has 1 rings (SSSR count). The summed E-state index contributed by atoms with van der Waals surface area (Å²) >= 11 is 0. The van der Waals surface area contributed by atoms with Crippen LogP contribution in [0.15, 0.2) is 12.3 Å². The largest absolute Gasteiger partial charge is 0.467 e. The lowest BCUT2D eigenvalue weighted by Crippen LogP contribution is -2.35. The number of hydrogen-bond acceptors (Lipinski definition) is 3. The van der Waals surface area contributed by atoms with Gasteiger partial charge in [0.25, 0.3) is 0 Å². The molecule has 3 nitrogen and oxygen atoms in total. The second kappa shape index (κ2) is 5.02. The molecular formula is C7H12ClNO2. The maximum absolute atomic E-state index is 10.8. The molecule has 1 atom stereocenters. The van der Waals surface area contributed by atoms with Crippen molar-refractivity contribution in [2.24, 2.45) is 0 Å². The Bertz CT molecular complexity index is 159. The summed E-state index contributed by atoms with van der Waals surface area (Å²) in [7, 11) is 1.41. The number of esters is 1. The van der Waals surface area contributed by atoms with Gasteiger partial charge in [0.2, 0.25) is 0 Å². The number of nitrogens with one attached hydrogen (secondary N) is 1. The van der Waals surface area contributed by atoms with Gasteiger partial charge in [-0.05, 0) is 19.0 Å². The zero-order valence-corrected chi connectivity index (χ0v) is 7.19. The lowest BCUT2D eigenvalue weighted by atomic mass is 10.1. The minimum atomic E-state index is -0.177. The van der Waals surface area contributed by atoms with Gasteiger partial charge >= 0.3 is 5.97 Å². The van der Waals surface area contributed by atoms with Crippen LogP contribution in [-0.2, 0) is 9.53 Å². The van der Waals surface area contributed by atoms with Crippen LogP contribution in [0.4, 0.5) is 0 Å². The second-order valence-electron chi connectivity index (χ2n) is 2.22. The molecule has 0 fully saturated rings. The number of rotatable bonds is 1. The average molecular weight is 178 g/mol. The fraction of sp³-hybridized carbons (Fsp3) is 0.571. The predicted molar refractivity (Wildman–Crippen MR) is 44.6 cm³/mol. The van der Waals surface area contributed by atoms with Gasteiger partial charge < -0.3 is 10.1 Å². The number of ether oxygens (including phenoxy) is 1. The van der Waals surface area contributed by atoms with Crippen LogP contribution in [0, 0.1) is 0 Å². The van der Waals surface area contributed by atoms with Crippen molar-refractivity contribution in [3.63, 3.8) is 0 Å². The number of hydrogen-bond donors (Lipinski definition) is 1. The summed E-state index contributed by atoms with van der Waals surface area (Å²) < 4.78 is 4.55. The molecule has 0 saturated heterocycles. The lowest BCUT2D eigenvalue weighted by molar-refractivity contribution is -0.143. The van der Waals surface area contributed by atoms with Crippen molar-refractivity contribution in [3.05, 3.63) is 12.3 Å². The highest BCUT2D eigenvalue weighted by Crippen LogP contribution is 2.04. The van der Waals surface area contributed by atoms with Crippen molar-refractivity contribution >= 4 is 18.4 Å². The Kier molecular flexibility index (Phi) is 4.70. The van der Waals surface area contributed by atoms with E-state index in [-0.39, 0.29) is 24.4 Å². The van der Waals surface area contributed by atoms with Gasteiger partial charge in [-0.1, -0.05) is 6.08 Å². The van der Waals surface area contributed by atoms with E-state index in [2.05, 4.69) is 10.1 Å². The molecule has 1 aliphatic rings. The second-order valence-corrected chi connectivity index (χ2v) is 2.22. The molecule has 0 aromatic carbocycles. The summed E-state index contributed by atoms with van der Waals surface area (Å²) in [5.41, 5.74) is 0. The van der Waals surface area contributed by atoms with E-state index >= 15 is 0 Å². The van der Waals surface area contributed by atoms with Gasteiger partial charge in [0, 0.05) is 0 Å². The highest BCUT2D eigenvalue weighted by molar-refractivity contribution is 5.85. The maximum atomic E-state index is 10.8. The van der Waals surface area contributed by atoms with Gasteiger partial charge in [0.1, 0.15) is 6.04 Å². The molecule has 1 unspecified atom stereocenters. The minimum Gasteiger partial charge on any atom is -0.467 e. The van der Waals surface area contributed by atoms with Crippen LogP contribution in [-0.4, -0.2) is 19.1 Å². The normalized spacial score (nSPS) is 21.4. The first-order valence-corrected chi connectivity index (χ1v) is 3.33. The number of carbonyl (C=O) groups is 1. The molecule has 0 saturated carbocycles. The van der Waals surface area contributed by atoms with E-state index in [0.717, 1.165) is 12.8 Å². The van der Waals surface area contributed by atoms with E-state index in [1.165, 1.54) is 7.11 Å². The Morgan fingerprint density at radius 1 is 1.73 bits per heavy atom. The monoisotopic (exact) mass is 177 g/mol. The molecule has 11 heavy (non-hydrogen) atoms. The van der Waals surface area contributed by atoms with Gasteiger partial charge in [-0.2, -0.15) is 0 Å². The molecule has 0 aromatic rings. The standard InChI is InChI=1S/C7H11NO2.ClH/c1-10-7(9)6-4-2-3-5-8-6;/h3,5-6,8H,2,4H2,1H3;1H. The molecule has 0 amide bonds. The minimum absolute atomic E-state index is 0. The zero-order valence-electron chi connectivity index (χ0n) is 6.37. The van der Waals surface area contributed by atoms with Gasteiger partial charge in [0.15, 0.2) is 0 Å². The smallest absolute Gasteiger partial charge is 0.328 e. The molecule has 0 aliphatic carbocycles. The van der Waals surface area contributed by atoms with Crippen molar-refractivity contribution < 1.29 is 9.53 Å². The summed E-state index contributed by atoms with van der Waals surface area (Å²) in [6, 6.07) is -0.130. The van der Waals surface area contributed by atoms with Crippen LogP contribution in [0.25, 0.3) is 0 Å². The van der Waals surface area contributed by atoms with E-state index in [0.29, 0.717) is 0 Å². The van der Waals surface area contributed by atoms with E-state index in [1.807, 2.05) is 6.08 Å². The van der Waals surface area contributed by atoms with Gasteiger partial charge in [0.05, 0.1) is 7.11 Å². The quantitative estimate of drug-likeness (QED) is 0.604. The first-order chi connectivity index (χ1) is 4.84. The summed E-state index contributed by atoms with van der Waals surface area (Å²) in [4.78, 5) is 10.8. The Balaban J connectivity index is 0.000001000. The topological polar surface area (TPSA) is 38.3 Å². The van der Waals surface area contributed by atoms with Crippen LogP contribution in [0.1, 0.15) is 12.8 Å². The van der Waals surface area contributed by atoms with E-state index in [9.17, 15) is 4.79 Å². The summed E-state index contributed by atoms with van der Waals surface area (Å²) in [5.74, 6) is -0.177. The SMILES string of the molecule is COC(=O)C1CCC=CN1.Cl. The van der Waals surface area contributed by atoms with Crippen LogP contribution < -0.4 is 5.32 Å².